The molecule has 2 saturated carbocycles. The maximum Gasteiger partial charge on any atom is 0.0616 e. The highest BCUT2D eigenvalue weighted by atomic mass is 16.5. The molecule has 0 radical (unpaired) electrons. The molecule has 3 nitrogen and oxygen atoms in total. The summed E-state index contributed by atoms with van der Waals surface area (Å²) in [6, 6.07) is 0.676. The van der Waals surface area contributed by atoms with Crippen LogP contribution in [-0.4, -0.2) is 36.5 Å². The largest absolute Gasteiger partial charge is 0.394 e. The molecule has 2 atom stereocenters. The van der Waals surface area contributed by atoms with Gasteiger partial charge in [0.05, 0.1) is 6.61 Å². The van der Waals surface area contributed by atoms with E-state index < -0.39 is 0 Å². The lowest BCUT2D eigenvalue weighted by Crippen LogP contribution is -2.52. The van der Waals surface area contributed by atoms with E-state index in [1.165, 1.54) is 25.7 Å². The van der Waals surface area contributed by atoms with Crippen LogP contribution < -0.4 is 5.32 Å². The second-order valence-electron chi connectivity index (χ2n) is 6.91. The molecule has 2 aliphatic rings. The fourth-order valence-electron chi connectivity index (χ4n) is 3.29. The number of hydrogen-bond acceptors (Lipinski definition) is 3. The highest BCUT2D eigenvalue weighted by Crippen LogP contribution is 2.40. The molecule has 0 heterocycles. The highest BCUT2D eigenvalue weighted by Gasteiger charge is 2.44. The molecule has 0 amide bonds. The number of aliphatic hydroxyl groups is 1. The molecular weight excluding hydrogens is 238 g/mol. The maximum absolute atomic E-state index is 9.84. The molecule has 2 N–H and O–H groups in total. The number of rotatable bonds is 9. The molecule has 0 aliphatic heterocycles. The van der Waals surface area contributed by atoms with Crippen molar-refractivity contribution in [2.75, 3.05) is 19.8 Å². The van der Waals surface area contributed by atoms with Crippen molar-refractivity contribution in [2.24, 2.45) is 11.8 Å². The summed E-state index contributed by atoms with van der Waals surface area (Å²) >= 11 is 0. The number of hydrogen-bond donors (Lipinski definition) is 2. The van der Waals surface area contributed by atoms with Crippen molar-refractivity contribution >= 4 is 0 Å². The summed E-state index contributed by atoms with van der Waals surface area (Å²) in [7, 11) is 0. The summed E-state index contributed by atoms with van der Waals surface area (Å²) < 4.78 is 5.76. The summed E-state index contributed by atoms with van der Waals surface area (Å²) in [5.41, 5.74) is 0.00255. The zero-order valence-corrected chi connectivity index (χ0v) is 12.7. The predicted octanol–water partition coefficient (Wildman–Crippen LogP) is 2.72. The molecule has 0 aromatic rings. The molecule has 19 heavy (non-hydrogen) atoms. The van der Waals surface area contributed by atoms with Gasteiger partial charge in [0.25, 0.3) is 0 Å². The van der Waals surface area contributed by atoms with Gasteiger partial charge in [0.15, 0.2) is 0 Å². The number of aliphatic hydroxyl groups excluding tert-OH is 1. The van der Waals surface area contributed by atoms with E-state index in [-0.39, 0.29) is 5.54 Å². The molecule has 0 bridgehead atoms. The highest BCUT2D eigenvalue weighted by molar-refractivity contribution is 5.02. The van der Waals surface area contributed by atoms with Crippen molar-refractivity contribution in [3.8, 4) is 0 Å². The van der Waals surface area contributed by atoms with Gasteiger partial charge in [-0.25, -0.2) is 0 Å². The summed E-state index contributed by atoms with van der Waals surface area (Å²) in [6.45, 7) is 6.49. The van der Waals surface area contributed by atoms with Crippen molar-refractivity contribution in [3.05, 3.63) is 0 Å². The monoisotopic (exact) mass is 269 g/mol. The second-order valence-corrected chi connectivity index (χ2v) is 6.91. The molecule has 2 rings (SSSR count). The fraction of sp³-hybridized carbons (Fsp3) is 1.00. The second kappa shape index (κ2) is 7.05. The van der Waals surface area contributed by atoms with Crippen LogP contribution in [0, 0.1) is 11.8 Å². The van der Waals surface area contributed by atoms with Crippen LogP contribution in [0.4, 0.5) is 0 Å². The van der Waals surface area contributed by atoms with Crippen molar-refractivity contribution in [1.29, 1.82) is 0 Å². The molecule has 0 saturated heterocycles. The molecule has 0 spiro atoms. The van der Waals surface area contributed by atoms with Crippen LogP contribution in [0.3, 0.4) is 0 Å². The van der Waals surface area contributed by atoms with Crippen LogP contribution in [-0.2, 0) is 4.74 Å². The van der Waals surface area contributed by atoms with Gasteiger partial charge in [-0.05, 0) is 50.4 Å². The van der Waals surface area contributed by atoms with Crippen molar-refractivity contribution < 1.29 is 9.84 Å². The average Bonchev–Trinajstić information content (AvgIpc) is 3.09. The molecule has 2 aliphatic carbocycles. The first kappa shape index (κ1) is 15.3. The first-order chi connectivity index (χ1) is 9.16. The molecule has 0 aromatic heterocycles. The Hall–Kier alpha value is -0.120. The van der Waals surface area contributed by atoms with Gasteiger partial charge in [-0.2, -0.15) is 0 Å². The minimum absolute atomic E-state index is 0.00255. The quantitative estimate of drug-likeness (QED) is 0.632. The van der Waals surface area contributed by atoms with E-state index in [0.717, 1.165) is 38.4 Å². The van der Waals surface area contributed by atoms with Crippen LogP contribution in [0.2, 0.25) is 0 Å². The standard InChI is InChI=1S/C16H31NO2/c1-13(2)7-10-19-11-8-14-4-3-9-16(14,12-18)17-15-5-6-15/h13-15,17-18H,3-12H2,1-2H3. The Kier molecular flexibility index (Phi) is 5.67. The smallest absolute Gasteiger partial charge is 0.0616 e. The van der Waals surface area contributed by atoms with Gasteiger partial charge in [0.2, 0.25) is 0 Å². The molecule has 2 unspecified atom stereocenters. The third-order valence-electron chi connectivity index (χ3n) is 4.76. The Bertz CT molecular complexity index is 265. The average molecular weight is 269 g/mol. The molecule has 3 heteroatoms. The minimum Gasteiger partial charge on any atom is -0.394 e. The summed E-state index contributed by atoms with van der Waals surface area (Å²) in [4.78, 5) is 0. The van der Waals surface area contributed by atoms with Crippen LogP contribution in [0.25, 0.3) is 0 Å². The predicted molar refractivity (Wildman–Crippen MR) is 78.2 cm³/mol. The zero-order valence-electron chi connectivity index (χ0n) is 12.7. The third-order valence-corrected chi connectivity index (χ3v) is 4.76. The lowest BCUT2D eigenvalue weighted by molar-refractivity contribution is 0.0740. The summed E-state index contributed by atoms with van der Waals surface area (Å²) in [5, 5.41) is 13.6. The third kappa shape index (κ3) is 4.44. The van der Waals surface area contributed by atoms with E-state index in [4.69, 9.17) is 4.74 Å². The Morgan fingerprint density at radius 3 is 2.68 bits per heavy atom. The normalized spacial score (nSPS) is 31.3. The summed E-state index contributed by atoms with van der Waals surface area (Å²) in [5.74, 6) is 1.32. The van der Waals surface area contributed by atoms with Gasteiger partial charge in [-0.1, -0.05) is 20.3 Å². The SMILES string of the molecule is CC(C)CCOCCC1CCCC1(CO)NC1CC1. The number of nitrogens with one attached hydrogen (secondary N) is 1. The van der Waals surface area contributed by atoms with E-state index >= 15 is 0 Å². The van der Waals surface area contributed by atoms with Crippen molar-refractivity contribution in [3.63, 3.8) is 0 Å². The first-order valence-electron chi connectivity index (χ1n) is 8.12. The van der Waals surface area contributed by atoms with Crippen molar-refractivity contribution in [1.82, 2.24) is 5.32 Å². The van der Waals surface area contributed by atoms with Gasteiger partial charge in [-0.3, -0.25) is 0 Å². The Morgan fingerprint density at radius 1 is 1.26 bits per heavy atom. The fourth-order valence-corrected chi connectivity index (χ4v) is 3.29. The van der Waals surface area contributed by atoms with E-state index in [1.807, 2.05) is 0 Å². The van der Waals surface area contributed by atoms with Crippen LogP contribution in [0.1, 0.15) is 58.8 Å². The molecular formula is C16H31NO2. The molecule has 2 fully saturated rings. The lowest BCUT2D eigenvalue weighted by Gasteiger charge is -2.35. The first-order valence-corrected chi connectivity index (χ1v) is 8.12. The summed E-state index contributed by atoms with van der Waals surface area (Å²) in [6.07, 6.45) is 8.45. The van der Waals surface area contributed by atoms with Gasteiger partial charge in [0, 0.05) is 24.8 Å². The van der Waals surface area contributed by atoms with Crippen LogP contribution in [0.5, 0.6) is 0 Å². The minimum atomic E-state index is 0.00255. The van der Waals surface area contributed by atoms with E-state index in [1.54, 1.807) is 0 Å². The molecule has 0 aromatic carbocycles. The van der Waals surface area contributed by atoms with E-state index in [2.05, 4.69) is 19.2 Å². The Balaban J connectivity index is 1.71. The van der Waals surface area contributed by atoms with E-state index in [9.17, 15) is 5.11 Å². The van der Waals surface area contributed by atoms with Crippen LogP contribution >= 0.6 is 0 Å². The van der Waals surface area contributed by atoms with Crippen LogP contribution in [0.15, 0.2) is 0 Å². The Morgan fingerprint density at radius 2 is 2.05 bits per heavy atom. The Labute approximate surface area is 118 Å². The zero-order chi connectivity index (χ0) is 13.7. The van der Waals surface area contributed by atoms with Gasteiger partial charge < -0.3 is 15.2 Å². The van der Waals surface area contributed by atoms with Gasteiger partial charge in [-0.15, -0.1) is 0 Å². The van der Waals surface area contributed by atoms with Crippen molar-refractivity contribution in [2.45, 2.75) is 70.4 Å². The topological polar surface area (TPSA) is 41.5 Å². The van der Waals surface area contributed by atoms with Gasteiger partial charge >= 0.3 is 0 Å². The number of ether oxygens (including phenoxy) is 1. The molecule has 112 valence electrons. The lowest BCUT2D eigenvalue weighted by atomic mass is 9.85. The van der Waals surface area contributed by atoms with Gasteiger partial charge in [0.1, 0.15) is 0 Å². The maximum atomic E-state index is 9.84. The van der Waals surface area contributed by atoms with E-state index in [0.29, 0.717) is 18.6 Å².